The minimum atomic E-state index is 0.474. The molecule has 0 bridgehead atoms. The Morgan fingerprint density at radius 3 is 2.86 bits per heavy atom. The van der Waals surface area contributed by atoms with Crippen molar-refractivity contribution in [1.82, 2.24) is 19.3 Å². The van der Waals surface area contributed by atoms with Crippen LogP contribution in [-0.4, -0.2) is 26.4 Å². The highest BCUT2D eigenvalue weighted by molar-refractivity contribution is 5.80. The van der Waals surface area contributed by atoms with E-state index in [4.69, 9.17) is 10.5 Å². The zero-order valence-corrected chi connectivity index (χ0v) is 12.5. The summed E-state index contributed by atoms with van der Waals surface area (Å²) >= 11 is 0. The average molecular weight is 285 g/mol. The Balaban J connectivity index is 2.22. The highest BCUT2D eigenvalue weighted by Crippen LogP contribution is 2.25. The van der Waals surface area contributed by atoms with Crippen molar-refractivity contribution in [2.24, 2.45) is 7.05 Å². The average Bonchev–Trinajstić information content (AvgIpc) is 2.96. The van der Waals surface area contributed by atoms with Gasteiger partial charge in [0.2, 0.25) is 5.95 Å². The fraction of sp³-hybridized carbons (Fsp3) is 0.333. The first-order valence-corrected chi connectivity index (χ1v) is 6.93. The Morgan fingerprint density at radius 1 is 1.33 bits per heavy atom. The molecule has 3 rings (SSSR count). The van der Waals surface area contributed by atoms with Gasteiger partial charge in [-0.15, -0.1) is 0 Å². The lowest BCUT2D eigenvalue weighted by molar-refractivity contribution is 0.185. The van der Waals surface area contributed by atoms with Crippen LogP contribution in [0.3, 0.4) is 0 Å². The number of anilines is 1. The standard InChI is InChI=1S/C15H19N5O/c1-4-12-13-14(19(2)18-12)20(15(16)17-13)11-7-5-6-10(8-11)9-21-3/h5-8H,4,9H2,1-3H3,(H2,16,17). The van der Waals surface area contributed by atoms with Gasteiger partial charge in [-0.3, -0.25) is 4.57 Å². The van der Waals surface area contributed by atoms with E-state index in [9.17, 15) is 0 Å². The van der Waals surface area contributed by atoms with E-state index in [0.29, 0.717) is 12.6 Å². The Kier molecular flexibility index (Phi) is 3.39. The molecular formula is C15H19N5O. The molecule has 2 N–H and O–H groups in total. The van der Waals surface area contributed by atoms with Gasteiger partial charge in [0.05, 0.1) is 18.0 Å². The Morgan fingerprint density at radius 2 is 2.14 bits per heavy atom. The summed E-state index contributed by atoms with van der Waals surface area (Å²) < 4.78 is 8.95. The van der Waals surface area contributed by atoms with Gasteiger partial charge in [0.15, 0.2) is 5.65 Å². The number of fused-ring (bicyclic) bond motifs is 1. The quantitative estimate of drug-likeness (QED) is 0.796. The van der Waals surface area contributed by atoms with Gasteiger partial charge in [-0.2, -0.15) is 5.10 Å². The van der Waals surface area contributed by atoms with E-state index in [1.54, 1.807) is 7.11 Å². The zero-order valence-electron chi connectivity index (χ0n) is 12.5. The first-order chi connectivity index (χ1) is 10.2. The molecule has 0 amide bonds. The molecule has 3 aromatic rings. The number of nitrogens with two attached hydrogens (primary N) is 1. The van der Waals surface area contributed by atoms with Crippen molar-refractivity contribution >= 4 is 17.1 Å². The molecule has 6 nitrogen and oxygen atoms in total. The zero-order chi connectivity index (χ0) is 15.0. The molecule has 1 aromatic carbocycles. The van der Waals surface area contributed by atoms with Gasteiger partial charge >= 0.3 is 0 Å². The fourth-order valence-electron chi connectivity index (χ4n) is 2.64. The van der Waals surface area contributed by atoms with Gasteiger partial charge in [-0.1, -0.05) is 19.1 Å². The van der Waals surface area contributed by atoms with E-state index in [2.05, 4.69) is 23.1 Å². The maximum Gasteiger partial charge on any atom is 0.207 e. The lowest BCUT2D eigenvalue weighted by atomic mass is 10.2. The summed E-state index contributed by atoms with van der Waals surface area (Å²) in [6.45, 7) is 2.63. The molecule has 110 valence electrons. The van der Waals surface area contributed by atoms with Gasteiger partial charge in [-0.25, -0.2) is 9.67 Å². The largest absolute Gasteiger partial charge is 0.380 e. The molecule has 2 aromatic heterocycles. The van der Waals surface area contributed by atoms with E-state index in [1.165, 1.54) is 0 Å². The summed E-state index contributed by atoms with van der Waals surface area (Å²) in [4.78, 5) is 4.48. The lowest BCUT2D eigenvalue weighted by Crippen LogP contribution is -2.05. The Bertz CT molecular complexity index is 787. The molecule has 0 aliphatic heterocycles. The first-order valence-electron chi connectivity index (χ1n) is 6.93. The number of hydrogen-bond acceptors (Lipinski definition) is 4. The van der Waals surface area contributed by atoms with Gasteiger partial charge in [0, 0.05) is 14.2 Å². The first kappa shape index (κ1) is 13.6. The van der Waals surface area contributed by atoms with Crippen molar-refractivity contribution in [3.05, 3.63) is 35.5 Å². The molecule has 0 unspecified atom stereocenters. The second kappa shape index (κ2) is 5.21. The van der Waals surface area contributed by atoms with Crippen LogP contribution in [0.15, 0.2) is 24.3 Å². The third kappa shape index (κ3) is 2.17. The van der Waals surface area contributed by atoms with Crippen LogP contribution < -0.4 is 5.73 Å². The number of nitrogens with zero attached hydrogens (tertiary/aromatic N) is 4. The fourth-order valence-corrected chi connectivity index (χ4v) is 2.64. The number of hydrogen-bond donors (Lipinski definition) is 1. The summed E-state index contributed by atoms with van der Waals surface area (Å²) in [5, 5.41) is 4.51. The molecule has 0 atom stereocenters. The van der Waals surface area contributed by atoms with Crippen molar-refractivity contribution in [2.75, 3.05) is 12.8 Å². The van der Waals surface area contributed by atoms with Crippen LogP contribution in [-0.2, 0) is 24.8 Å². The van der Waals surface area contributed by atoms with Crippen molar-refractivity contribution in [3.63, 3.8) is 0 Å². The van der Waals surface area contributed by atoms with E-state index in [-0.39, 0.29) is 0 Å². The van der Waals surface area contributed by atoms with Crippen molar-refractivity contribution in [2.45, 2.75) is 20.0 Å². The second-order valence-corrected chi connectivity index (χ2v) is 5.00. The summed E-state index contributed by atoms with van der Waals surface area (Å²) in [6, 6.07) is 8.08. The van der Waals surface area contributed by atoms with Crippen LogP contribution in [0.25, 0.3) is 16.9 Å². The number of imidazole rings is 1. The normalized spacial score (nSPS) is 11.4. The predicted octanol–water partition coefficient (Wildman–Crippen LogP) is 2.05. The monoisotopic (exact) mass is 285 g/mol. The number of benzene rings is 1. The van der Waals surface area contributed by atoms with Crippen LogP contribution in [0.2, 0.25) is 0 Å². The van der Waals surface area contributed by atoms with Gasteiger partial charge < -0.3 is 10.5 Å². The molecule has 0 fully saturated rings. The maximum atomic E-state index is 6.13. The van der Waals surface area contributed by atoms with E-state index in [0.717, 1.165) is 34.5 Å². The van der Waals surface area contributed by atoms with Gasteiger partial charge in [-0.05, 0) is 24.1 Å². The third-order valence-electron chi connectivity index (χ3n) is 3.54. The number of aromatic nitrogens is 4. The summed E-state index contributed by atoms with van der Waals surface area (Å²) in [7, 11) is 3.60. The molecule has 0 aliphatic rings. The molecule has 0 radical (unpaired) electrons. The molecule has 0 saturated heterocycles. The van der Waals surface area contributed by atoms with Crippen LogP contribution in [0.5, 0.6) is 0 Å². The van der Waals surface area contributed by atoms with Crippen LogP contribution in [0.1, 0.15) is 18.2 Å². The van der Waals surface area contributed by atoms with E-state index < -0.39 is 0 Å². The minimum absolute atomic E-state index is 0.474. The molecule has 2 heterocycles. The topological polar surface area (TPSA) is 70.9 Å². The molecule has 21 heavy (non-hydrogen) atoms. The molecule has 0 saturated carbocycles. The van der Waals surface area contributed by atoms with Crippen molar-refractivity contribution < 1.29 is 4.74 Å². The van der Waals surface area contributed by atoms with Crippen LogP contribution in [0.4, 0.5) is 5.95 Å². The third-order valence-corrected chi connectivity index (χ3v) is 3.54. The van der Waals surface area contributed by atoms with Gasteiger partial charge in [0.25, 0.3) is 0 Å². The van der Waals surface area contributed by atoms with Crippen molar-refractivity contribution in [3.8, 4) is 5.69 Å². The maximum absolute atomic E-state index is 6.13. The molecular weight excluding hydrogens is 266 g/mol. The summed E-state index contributed by atoms with van der Waals surface area (Å²) in [5.41, 5.74) is 10.9. The molecule has 0 aliphatic carbocycles. The van der Waals surface area contributed by atoms with Gasteiger partial charge in [0.1, 0.15) is 5.52 Å². The highest BCUT2D eigenvalue weighted by Gasteiger charge is 2.18. The van der Waals surface area contributed by atoms with Crippen molar-refractivity contribution in [1.29, 1.82) is 0 Å². The Hall–Kier alpha value is -2.34. The number of methoxy groups -OCH3 is 1. The molecule has 6 heteroatoms. The second-order valence-electron chi connectivity index (χ2n) is 5.00. The summed E-state index contributed by atoms with van der Waals surface area (Å²) in [5.74, 6) is 0.474. The number of ether oxygens (including phenoxy) is 1. The highest BCUT2D eigenvalue weighted by atomic mass is 16.5. The van der Waals surface area contributed by atoms with Crippen LogP contribution >= 0.6 is 0 Å². The smallest absolute Gasteiger partial charge is 0.207 e. The predicted molar refractivity (Wildman–Crippen MR) is 82.3 cm³/mol. The Labute approximate surface area is 123 Å². The number of rotatable bonds is 4. The SMILES string of the molecule is CCc1nn(C)c2c1nc(N)n2-c1cccc(COC)c1. The lowest BCUT2D eigenvalue weighted by Gasteiger charge is -2.08. The number of aryl methyl sites for hydroxylation is 2. The number of nitrogen functional groups attached to an aromatic ring is 1. The van der Waals surface area contributed by atoms with Crippen LogP contribution in [0, 0.1) is 0 Å². The minimum Gasteiger partial charge on any atom is -0.380 e. The van der Waals surface area contributed by atoms with E-state index in [1.807, 2.05) is 34.5 Å². The summed E-state index contributed by atoms with van der Waals surface area (Å²) in [6.07, 6.45) is 0.831. The molecule has 0 spiro atoms. The van der Waals surface area contributed by atoms with E-state index >= 15 is 0 Å².